The predicted octanol–water partition coefficient (Wildman–Crippen LogP) is 5.18. The van der Waals surface area contributed by atoms with Crippen molar-refractivity contribution in [3.05, 3.63) is 95.0 Å². The van der Waals surface area contributed by atoms with Crippen molar-refractivity contribution in [3.63, 3.8) is 0 Å². The molecule has 0 radical (unpaired) electrons. The number of rotatable bonds is 12. The molecule has 202 valence electrons. The van der Waals surface area contributed by atoms with Crippen LogP contribution in [-0.2, 0) is 26.2 Å². The van der Waals surface area contributed by atoms with Crippen LogP contribution in [0.3, 0.4) is 0 Å². The molecule has 7 nitrogen and oxygen atoms in total. The Balaban J connectivity index is 1.99. The molecule has 3 rings (SSSR count). The highest BCUT2D eigenvalue weighted by Crippen LogP contribution is 2.27. The van der Waals surface area contributed by atoms with Gasteiger partial charge in [-0.2, -0.15) is 0 Å². The molecule has 0 aliphatic heterocycles. The number of hydrogen-bond donors (Lipinski definition) is 1. The van der Waals surface area contributed by atoms with Crippen LogP contribution in [0.15, 0.2) is 83.8 Å². The number of hydrogen-bond acceptors (Lipinski definition) is 4. The fourth-order valence-corrected chi connectivity index (χ4v) is 5.61. The summed E-state index contributed by atoms with van der Waals surface area (Å²) in [4.78, 5) is 28.3. The minimum absolute atomic E-state index is 0.0747. The fraction of sp³-hybridized carbons (Fsp3) is 0.310. The molecule has 9 heteroatoms. The van der Waals surface area contributed by atoms with E-state index in [9.17, 15) is 18.0 Å². The van der Waals surface area contributed by atoms with Gasteiger partial charge in [0, 0.05) is 18.1 Å². The maximum atomic E-state index is 13.9. The lowest BCUT2D eigenvalue weighted by Crippen LogP contribution is -2.51. The van der Waals surface area contributed by atoms with Crippen molar-refractivity contribution < 1.29 is 18.0 Å². The maximum Gasteiger partial charge on any atom is 0.264 e. The van der Waals surface area contributed by atoms with Crippen molar-refractivity contribution in [3.8, 4) is 0 Å². The highest BCUT2D eigenvalue weighted by Gasteiger charge is 2.32. The average molecular weight is 556 g/mol. The monoisotopic (exact) mass is 555 g/mol. The van der Waals surface area contributed by atoms with Gasteiger partial charge in [0.05, 0.1) is 10.6 Å². The Morgan fingerprint density at radius 1 is 0.947 bits per heavy atom. The minimum atomic E-state index is -4.08. The van der Waals surface area contributed by atoms with E-state index in [1.807, 2.05) is 13.0 Å². The van der Waals surface area contributed by atoms with Gasteiger partial charge in [-0.1, -0.05) is 73.5 Å². The molecule has 0 aliphatic carbocycles. The first-order valence-corrected chi connectivity index (χ1v) is 14.4. The van der Waals surface area contributed by atoms with Crippen LogP contribution >= 0.6 is 11.6 Å². The molecule has 0 spiro atoms. The number of aryl methyl sites for hydroxylation is 1. The lowest BCUT2D eigenvalue weighted by atomic mass is 10.1. The summed E-state index contributed by atoms with van der Waals surface area (Å²) in [7, 11) is -4.08. The van der Waals surface area contributed by atoms with Gasteiger partial charge in [0.15, 0.2) is 0 Å². The number of benzene rings is 3. The summed E-state index contributed by atoms with van der Waals surface area (Å²) in [5, 5.41) is 3.43. The predicted molar refractivity (Wildman–Crippen MR) is 152 cm³/mol. The van der Waals surface area contributed by atoms with Gasteiger partial charge in [-0.3, -0.25) is 13.9 Å². The van der Waals surface area contributed by atoms with Crippen molar-refractivity contribution >= 4 is 39.1 Å². The molecule has 0 unspecified atom stereocenters. The van der Waals surface area contributed by atoms with Gasteiger partial charge >= 0.3 is 0 Å². The molecule has 0 aromatic heterocycles. The number of nitrogens with one attached hydrogen (secondary N) is 1. The summed E-state index contributed by atoms with van der Waals surface area (Å²) < 4.78 is 28.7. The second-order valence-electron chi connectivity index (χ2n) is 9.08. The van der Waals surface area contributed by atoms with E-state index < -0.39 is 28.5 Å². The van der Waals surface area contributed by atoms with Gasteiger partial charge in [-0.25, -0.2) is 8.42 Å². The van der Waals surface area contributed by atoms with Crippen molar-refractivity contribution in [2.45, 2.75) is 51.1 Å². The van der Waals surface area contributed by atoms with E-state index in [2.05, 4.69) is 5.32 Å². The van der Waals surface area contributed by atoms with Gasteiger partial charge in [0.25, 0.3) is 10.0 Å². The Kier molecular flexibility index (Phi) is 10.3. The van der Waals surface area contributed by atoms with Crippen molar-refractivity contribution in [2.75, 3.05) is 17.4 Å². The Morgan fingerprint density at radius 3 is 2.21 bits per heavy atom. The summed E-state index contributed by atoms with van der Waals surface area (Å²) in [6.45, 7) is 5.62. The maximum absolute atomic E-state index is 13.9. The third-order valence-electron chi connectivity index (χ3n) is 6.26. The van der Waals surface area contributed by atoms with Gasteiger partial charge in [0.1, 0.15) is 12.6 Å². The quantitative estimate of drug-likeness (QED) is 0.312. The van der Waals surface area contributed by atoms with Crippen LogP contribution in [0.2, 0.25) is 5.02 Å². The van der Waals surface area contributed by atoms with E-state index in [4.69, 9.17) is 11.6 Å². The molecule has 0 fully saturated rings. The summed E-state index contributed by atoms with van der Waals surface area (Å²) >= 11 is 6.04. The number of carbonyl (C=O) groups excluding carboxylic acids is 2. The second-order valence-corrected chi connectivity index (χ2v) is 11.4. The molecule has 1 N–H and O–H groups in total. The molecule has 0 heterocycles. The number of nitrogens with zero attached hydrogens (tertiary/aromatic N) is 2. The molecule has 3 aromatic rings. The smallest absolute Gasteiger partial charge is 0.264 e. The summed E-state index contributed by atoms with van der Waals surface area (Å²) in [6.07, 6.45) is 1.74. The average Bonchev–Trinajstić information content (AvgIpc) is 2.92. The summed E-state index contributed by atoms with van der Waals surface area (Å²) in [5.41, 5.74) is 1.87. The highest BCUT2D eigenvalue weighted by molar-refractivity contribution is 7.92. The Labute approximate surface area is 230 Å². The van der Waals surface area contributed by atoms with Crippen LogP contribution in [0.1, 0.15) is 37.8 Å². The molecule has 0 bridgehead atoms. The standard InChI is InChI=1S/C29H34ClN3O4S/c1-4-5-19-31-29(35)23(3)32(20-24-15-17-25(30)18-16-24)28(34)21-33(27-14-10-9-11-22(27)2)38(36,37)26-12-7-6-8-13-26/h6-18,23H,4-5,19-21H2,1-3H3,(H,31,35)/t23-/m0/s1. The molecule has 38 heavy (non-hydrogen) atoms. The fourth-order valence-electron chi connectivity index (χ4n) is 3.98. The minimum Gasteiger partial charge on any atom is -0.354 e. The molecule has 1 atom stereocenters. The van der Waals surface area contributed by atoms with Crippen molar-refractivity contribution in [1.29, 1.82) is 0 Å². The Morgan fingerprint density at radius 2 is 1.58 bits per heavy atom. The number of para-hydroxylation sites is 1. The van der Waals surface area contributed by atoms with E-state index in [1.54, 1.807) is 74.5 Å². The molecule has 0 saturated carbocycles. The molecular formula is C29H34ClN3O4S. The summed E-state index contributed by atoms with van der Waals surface area (Å²) in [5.74, 6) is -0.796. The third kappa shape index (κ3) is 7.36. The van der Waals surface area contributed by atoms with Crippen molar-refractivity contribution in [2.24, 2.45) is 0 Å². The first-order valence-electron chi connectivity index (χ1n) is 12.6. The van der Waals surface area contributed by atoms with Crippen LogP contribution in [0.5, 0.6) is 0 Å². The Bertz CT molecular complexity index is 1330. The molecule has 0 aliphatic rings. The largest absolute Gasteiger partial charge is 0.354 e. The van der Waals surface area contributed by atoms with Crippen LogP contribution in [0, 0.1) is 6.92 Å². The zero-order chi connectivity index (χ0) is 27.7. The number of sulfonamides is 1. The van der Waals surface area contributed by atoms with Gasteiger partial charge in [-0.05, 0) is 61.7 Å². The van der Waals surface area contributed by atoms with E-state index in [1.165, 1.54) is 17.0 Å². The molecular weight excluding hydrogens is 522 g/mol. The molecule has 2 amide bonds. The van der Waals surface area contributed by atoms with Gasteiger partial charge in [-0.15, -0.1) is 0 Å². The van der Waals surface area contributed by atoms with E-state index in [0.717, 1.165) is 22.7 Å². The second kappa shape index (κ2) is 13.4. The number of amides is 2. The highest BCUT2D eigenvalue weighted by atomic mass is 35.5. The SMILES string of the molecule is CCCCNC(=O)[C@H](C)N(Cc1ccc(Cl)cc1)C(=O)CN(c1ccccc1C)S(=O)(=O)c1ccccc1. The third-order valence-corrected chi connectivity index (χ3v) is 8.28. The van der Waals surface area contributed by atoms with E-state index in [-0.39, 0.29) is 17.3 Å². The van der Waals surface area contributed by atoms with Gasteiger partial charge < -0.3 is 10.2 Å². The zero-order valence-corrected chi connectivity index (χ0v) is 23.5. The normalized spacial score (nSPS) is 12.0. The number of carbonyl (C=O) groups is 2. The van der Waals surface area contributed by atoms with E-state index in [0.29, 0.717) is 22.8 Å². The topological polar surface area (TPSA) is 86.8 Å². The summed E-state index contributed by atoms with van der Waals surface area (Å²) in [6, 6.07) is 21.2. The Hall–Kier alpha value is -3.36. The van der Waals surface area contributed by atoms with Crippen molar-refractivity contribution in [1.82, 2.24) is 10.2 Å². The van der Waals surface area contributed by atoms with Gasteiger partial charge in [0.2, 0.25) is 11.8 Å². The van der Waals surface area contributed by atoms with Crippen LogP contribution in [-0.4, -0.2) is 44.3 Å². The number of unbranched alkanes of at least 4 members (excludes halogenated alkanes) is 1. The number of anilines is 1. The molecule has 0 saturated heterocycles. The van der Waals surface area contributed by atoms with E-state index >= 15 is 0 Å². The number of halogens is 1. The molecule has 3 aromatic carbocycles. The van der Waals surface area contributed by atoms with Crippen LogP contribution < -0.4 is 9.62 Å². The lowest BCUT2D eigenvalue weighted by molar-refractivity contribution is -0.139. The zero-order valence-electron chi connectivity index (χ0n) is 21.9. The lowest BCUT2D eigenvalue weighted by Gasteiger charge is -2.32. The first kappa shape index (κ1) is 29.2. The van der Waals surface area contributed by atoms with Crippen LogP contribution in [0.25, 0.3) is 0 Å². The first-order chi connectivity index (χ1) is 18.1. The van der Waals surface area contributed by atoms with Crippen LogP contribution in [0.4, 0.5) is 5.69 Å².